The highest BCUT2D eigenvalue weighted by atomic mass is 16.5. The Kier molecular flexibility index (Phi) is 9.00. The van der Waals surface area contributed by atoms with Crippen LogP contribution in [0.2, 0.25) is 0 Å². The Morgan fingerprint density at radius 2 is 2.03 bits per heavy atom. The lowest BCUT2D eigenvalue weighted by Gasteiger charge is -2.16. The number of nitrogens with zero attached hydrogens (tertiary/aromatic N) is 1. The second-order valence-electron chi connectivity index (χ2n) is 7.37. The van der Waals surface area contributed by atoms with Crippen LogP contribution in [0.1, 0.15) is 30.0 Å². The van der Waals surface area contributed by atoms with E-state index in [9.17, 15) is 0 Å². The van der Waals surface area contributed by atoms with Crippen molar-refractivity contribution in [1.82, 2.24) is 10.6 Å². The van der Waals surface area contributed by atoms with Gasteiger partial charge in [-0.25, -0.2) is 4.99 Å². The SMILES string of the molecule is CCNC(=NCc1ccc(C)cc1OC1CCOC1)NCCOCc1ccccc1. The van der Waals surface area contributed by atoms with Crippen molar-refractivity contribution in [3.05, 3.63) is 65.2 Å². The summed E-state index contributed by atoms with van der Waals surface area (Å²) < 4.78 is 17.4. The van der Waals surface area contributed by atoms with Gasteiger partial charge in [0.05, 0.1) is 33.0 Å². The second-order valence-corrected chi connectivity index (χ2v) is 7.37. The lowest BCUT2D eigenvalue weighted by Crippen LogP contribution is -2.39. The first-order chi connectivity index (χ1) is 14.7. The van der Waals surface area contributed by atoms with Gasteiger partial charge in [-0.2, -0.15) is 0 Å². The summed E-state index contributed by atoms with van der Waals surface area (Å²) in [5.74, 6) is 1.67. The van der Waals surface area contributed by atoms with E-state index < -0.39 is 0 Å². The molecule has 1 aliphatic heterocycles. The molecule has 2 aromatic carbocycles. The largest absolute Gasteiger partial charge is 0.488 e. The molecule has 1 fully saturated rings. The number of hydrogen-bond acceptors (Lipinski definition) is 4. The van der Waals surface area contributed by atoms with Gasteiger partial charge in [0.25, 0.3) is 0 Å². The maximum Gasteiger partial charge on any atom is 0.191 e. The van der Waals surface area contributed by atoms with Crippen molar-refractivity contribution in [1.29, 1.82) is 0 Å². The van der Waals surface area contributed by atoms with E-state index in [4.69, 9.17) is 19.2 Å². The Hall–Kier alpha value is -2.57. The zero-order valence-corrected chi connectivity index (χ0v) is 18.0. The number of rotatable bonds is 10. The van der Waals surface area contributed by atoms with E-state index in [-0.39, 0.29) is 6.10 Å². The average molecular weight is 412 g/mol. The topological polar surface area (TPSA) is 64.1 Å². The first-order valence-electron chi connectivity index (χ1n) is 10.7. The Bertz CT molecular complexity index is 790. The van der Waals surface area contributed by atoms with E-state index in [0.29, 0.717) is 32.9 Å². The summed E-state index contributed by atoms with van der Waals surface area (Å²) in [4.78, 5) is 4.73. The number of aryl methyl sites for hydroxylation is 1. The van der Waals surface area contributed by atoms with Gasteiger partial charge < -0.3 is 24.8 Å². The fourth-order valence-corrected chi connectivity index (χ4v) is 3.20. The molecule has 1 aliphatic rings. The minimum Gasteiger partial charge on any atom is -0.488 e. The van der Waals surface area contributed by atoms with E-state index >= 15 is 0 Å². The van der Waals surface area contributed by atoms with Gasteiger partial charge in [0.1, 0.15) is 11.9 Å². The highest BCUT2D eigenvalue weighted by molar-refractivity contribution is 5.79. The number of benzene rings is 2. The first kappa shape index (κ1) is 22.1. The van der Waals surface area contributed by atoms with E-state index in [1.807, 2.05) is 18.2 Å². The fourth-order valence-electron chi connectivity index (χ4n) is 3.20. The molecule has 162 valence electrons. The molecule has 0 spiro atoms. The standard InChI is InChI=1S/C24H33N3O3/c1-3-25-24(26-12-14-29-17-20-7-5-4-6-8-20)27-16-21-10-9-19(2)15-23(21)30-22-11-13-28-18-22/h4-10,15,22H,3,11-14,16-18H2,1-2H3,(H2,25,26,27). The third-order valence-corrected chi connectivity index (χ3v) is 4.81. The molecule has 0 aliphatic carbocycles. The summed E-state index contributed by atoms with van der Waals surface area (Å²) >= 11 is 0. The smallest absolute Gasteiger partial charge is 0.191 e. The Labute approximate surface area is 179 Å². The highest BCUT2D eigenvalue weighted by Gasteiger charge is 2.18. The molecule has 30 heavy (non-hydrogen) atoms. The normalized spacial score (nSPS) is 16.5. The molecule has 2 N–H and O–H groups in total. The zero-order chi connectivity index (χ0) is 21.0. The van der Waals surface area contributed by atoms with Crippen LogP contribution in [0.15, 0.2) is 53.5 Å². The third kappa shape index (κ3) is 7.35. The molecule has 1 saturated heterocycles. The maximum absolute atomic E-state index is 6.18. The van der Waals surface area contributed by atoms with Gasteiger partial charge in [-0.15, -0.1) is 0 Å². The number of ether oxygens (including phenoxy) is 3. The molecule has 0 aromatic heterocycles. The highest BCUT2D eigenvalue weighted by Crippen LogP contribution is 2.24. The Morgan fingerprint density at radius 3 is 2.80 bits per heavy atom. The van der Waals surface area contributed by atoms with Crippen LogP contribution < -0.4 is 15.4 Å². The molecule has 0 radical (unpaired) electrons. The molecule has 1 atom stereocenters. The number of hydrogen-bond donors (Lipinski definition) is 2. The fraction of sp³-hybridized carbons (Fsp3) is 0.458. The number of aliphatic imine (C=N–C) groups is 1. The minimum absolute atomic E-state index is 0.127. The van der Waals surface area contributed by atoms with Crippen LogP contribution in [0.25, 0.3) is 0 Å². The molecule has 1 unspecified atom stereocenters. The van der Waals surface area contributed by atoms with Gasteiger partial charge in [-0.3, -0.25) is 0 Å². The molecule has 3 rings (SSSR count). The molecular weight excluding hydrogens is 378 g/mol. The van der Waals surface area contributed by atoms with Crippen molar-refractivity contribution >= 4 is 5.96 Å². The third-order valence-electron chi connectivity index (χ3n) is 4.81. The van der Waals surface area contributed by atoms with Gasteiger partial charge in [-0.1, -0.05) is 42.5 Å². The number of nitrogens with one attached hydrogen (secondary N) is 2. The van der Waals surface area contributed by atoms with Crippen molar-refractivity contribution in [3.63, 3.8) is 0 Å². The van der Waals surface area contributed by atoms with Gasteiger partial charge in [0.15, 0.2) is 5.96 Å². The Morgan fingerprint density at radius 1 is 1.17 bits per heavy atom. The molecule has 1 heterocycles. The maximum atomic E-state index is 6.18. The monoisotopic (exact) mass is 411 g/mol. The summed E-state index contributed by atoms with van der Waals surface area (Å²) in [6.45, 7) is 8.82. The molecule has 0 bridgehead atoms. The van der Waals surface area contributed by atoms with Crippen LogP contribution in [-0.2, 0) is 22.6 Å². The minimum atomic E-state index is 0.127. The van der Waals surface area contributed by atoms with E-state index in [0.717, 1.165) is 36.8 Å². The molecular formula is C24H33N3O3. The van der Waals surface area contributed by atoms with Crippen LogP contribution in [0.3, 0.4) is 0 Å². The summed E-state index contributed by atoms with van der Waals surface area (Å²) in [5, 5.41) is 6.62. The van der Waals surface area contributed by atoms with Gasteiger partial charge in [0, 0.05) is 25.1 Å². The van der Waals surface area contributed by atoms with Gasteiger partial charge in [-0.05, 0) is 31.0 Å². The Balaban J connectivity index is 1.51. The molecule has 2 aromatic rings. The summed E-state index contributed by atoms with van der Waals surface area (Å²) in [6.07, 6.45) is 1.06. The van der Waals surface area contributed by atoms with Crippen molar-refractivity contribution in [3.8, 4) is 5.75 Å². The number of guanidine groups is 1. The van der Waals surface area contributed by atoms with Crippen molar-refractivity contribution < 1.29 is 14.2 Å². The molecule has 0 saturated carbocycles. The quantitative estimate of drug-likeness (QED) is 0.356. The van der Waals surface area contributed by atoms with E-state index in [1.54, 1.807) is 0 Å². The van der Waals surface area contributed by atoms with Crippen LogP contribution in [-0.4, -0.2) is 45.0 Å². The average Bonchev–Trinajstić information content (AvgIpc) is 3.26. The molecule has 6 nitrogen and oxygen atoms in total. The molecule has 6 heteroatoms. The first-order valence-corrected chi connectivity index (χ1v) is 10.7. The zero-order valence-electron chi connectivity index (χ0n) is 18.0. The van der Waals surface area contributed by atoms with Crippen LogP contribution >= 0.6 is 0 Å². The van der Waals surface area contributed by atoms with E-state index in [1.165, 1.54) is 11.1 Å². The second kappa shape index (κ2) is 12.2. The lowest BCUT2D eigenvalue weighted by molar-refractivity contribution is 0.125. The van der Waals surface area contributed by atoms with Crippen LogP contribution in [0.5, 0.6) is 5.75 Å². The molecule has 0 amide bonds. The van der Waals surface area contributed by atoms with Gasteiger partial charge >= 0.3 is 0 Å². The summed E-state index contributed by atoms with van der Waals surface area (Å²) in [6, 6.07) is 16.5. The van der Waals surface area contributed by atoms with Crippen molar-refractivity contribution in [2.75, 3.05) is 32.9 Å². The summed E-state index contributed by atoms with van der Waals surface area (Å²) in [7, 11) is 0. The lowest BCUT2D eigenvalue weighted by atomic mass is 10.1. The van der Waals surface area contributed by atoms with Gasteiger partial charge in [0.2, 0.25) is 0 Å². The van der Waals surface area contributed by atoms with Crippen LogP contribution in [0.4, 0.5) is 0 Å². The van der Waals surface area contributed by atoms with Crippen molar-refractivity contribution in [2.24, 2.45) is 4.99 Å². The summed E-state index contributed by atoms with van der Waals surface area (Å²) in [5.41, 5.74) is 3.43. The van der Waals surface area contributed by atoms with Crippen molar-refractivity contribution in [2.45, 2.75) is 39.5 Å². The predicted molar refractivity (Wildman–Crippen MR) is 120 cm³/mol. The van der Waals surface area contributed by atoms with Crippen LogP contribution in [0, 0.1) is 6.92 Å². The predicted octanol–water partition coefficient (Wildman–Crippen LogP) is 3.43. The van der Waals surface area contributed by atoms with E-state index in [2.05, 4.69) is 54.8 Å².